The lowest BCUT2D eigenvalue weighted by Crippen LogP contribution is -2.04. The fourth-order valence-corrected chi connectivity index (χ4v) is 2.58. The minimum Gasteiger partial charge on any atom is -0.507 e. The van der Waals surface area contributed by atoms with Gasteiger partial charge in [0.2, 0.25) is 5.43 Å². The minimum absolute atomic E-state index is 0.0323. The Balaban J connectivity index is 2.07. The van der Waals surface area contributed by atoms with Crippen LogP contribution in [-0.4, -0.2) is 14.9 Å². The summed E-state index contributed by atoms with van der Waals surface area (Å²) in [5, 5.41) is 9.90. The first-order valence-corrected chi connectivity index (χ1v) is 7.97. The average Bonchev–Trinajstić information content (AvgIpc) is 2.47. The summed E-state index contributed by atoms with van der Waals surface area (Å²) in [4.78, 5) is 30.0. The van der Waals surface area contributed by atoms with Gasteiger partial charge in [-0.15, -0.1) is 0 Å². The molecule has 2 aromatic carbocycles. The maximum Gasteiger partial charge on any atom is 0.524 e. The molecule has 1 heterocycles. The maximum absolute atomic E-state index is 12.5. The first-order chi connectivity index (χ1) is 10.8. The van der Waals surface area contributed by atoms with Gasteiger partial charge in [0.1, 0.15) is 28.7 Å². The molecular weight excluding hydrogens is 323 g/mol. The molecule has 0 aliphatic carbocycles. The first kappa shape index (κ1) is 15.3. The van der Waals surface area contributed by atoms with E-state index in [-0.39, 0.29) is 28.0 Å². The van der Waals surface area contributed by atoms with Crippen molar-refractivity contribution in [1.82, 2.24) is 0 Å². The van der Waals surface area contributed by atoms with Crippen LogP contribution in [0.1, 0.15) is 0 Å². The van der Waals surface area contributed by atoms with Crippen molar-refractivity contribution >= 4 is 18.8 Å². The second kappa shape index (κ2) is 5.55. The summed E-state index contributed by atoms with van der Waals surface area (Å²) in [5.74, 6) is -0.213. The van der Waals surface area contributed by atoms with Crippen LogP contribution < -0.4 is 9.95 Å². The number of phenols is 1. The number of benzene rings is 2. The molecule has 7 nitrogen and oxygen atoms in total. The second-order valence-electron chi connectivity index (χ2n) is 4.74. The van der Waals surface area contributed by atoms with Crippen LogP contribution in [0.15, 0.2) is 57.9 Å². The van der Waals surface area contributed by atoms with Gasteiger partial charge in [0.05, 0.1) is 5.56 Å². The second-order valence-corrected chi connectivity index (χ2v) is 5.90. The summed E-state index contributed by atoms with van der Waals surface area (Å²) in [5.41, 5.74) is 0.525. The standard InChI is InChI=1S/C15H11O7P/c16-12-2-1-3-13-14(12)15(17)11(8-21-13)9-4-6-10(7-5-9)22-23(18,19)20/h1-8,16H,(H2,18,19,20). The summed E-state index contributed by atoms with van der Waals surface area (Å²) in [6, 6.07) is 10.1. The Hall–Kier alpha value is -2.60. The molecule has 0 radical (unpaired) electrons. The summed E-state index contributed by atoms with van der Waals surface area (Å²) in [6.07, 6.45) is 1.27. The van der Waals surface area contributed by atoms with Crippen molar-refractivity contribution < 1.29 is 28.4 Å². The van der Waals surface area contributed by atoms with E-state index in [9.17, 15) is 14.5 Å². The lowest BCUT2D eigenvalue weighted by molar-refractivity contribution is 0.283. The highest BCUT2D eigenvalue weighted by molar-refractivity contribution is 7.46. The number of rotatable bonds is 3. The normalized spacial score (nSPS) is 11.6. The molecule has 0 saturated heterocycles. The SMILES string of the molecule is O=c1c(-c2ccc(OP(=O)(O)O)cc2)coc2cccc(O)c12. The van der Waals surface area contributed by atoms with Gasteiger partial charge >= 0.3 is 7.82 Å². The Morgan fingerprint density at radius 3 is 2.39 bits per heavy atom. The van der Waals surface area contributed by atoms with E-state index in [1.165, 1.54) is 36.6 Å². The van der Waals surface area contributed by atoms with Gasteiger partial charge in [-0.3, -0.25) is 14.6 Å². The van der Waals surface area contributed by atoms with Gasteiger partial charge in [0.25, 0.3) is 0 Å². The molecule has 8 heteroatoms. The van der Waals surface area contributed by atoms with Crippen LogP contribution >= 0.6 is 7.82 Å². The van der Waals surface area contributed by atoms with Crippen LogP contribution in [0, 0.1) is 0 Å². The lowest BCUT2D eigenvalue weighted by atomic mass is 10.1. The number of aromatic hydroxyl groups is 1. The van der Waals surface area contributed by atoms with Crippen LogP contribution in [0.5, 0.6) is 11.5 Å². The Morgan fingerprint density at radius 2 is 1.74 bits per heavy atom. The van der Waals surface area contributed by atoms with Crippen LogP contribution in [-0.2, 0) is 4.57 Å². The highest BCUT2D eigenvalue weighted by Gasteiger charge is 2.16. The maximum atomic E-state index is 12.5. The number of fused-ring (bicyclic) bond motifs is 1. The molecule has 23 heavy (non-hydrogen) atoms. The first-order valence-electron chi connectivity index (χ1n) is 6.44. The van der Waals surface area contributed by atoms with Crippen molar-refractivity contribution in [3.8, 4) is 22.6 Å². The molecule has 0 amide bonds. The zero-order chi connectivity index (χ0) is 16.6. The molecule has 3 rings (SSSR count). The third-order valence-corrected chi connectivity index (χ3v) is 3.62. The van der Waals surface area contributed by atoms with Crippen molar-refractivity contribution in [2.75, 3.05) is 0 Å². The van der Waals surface area contributed by atoms with Gasteiger partial charge in [-0.25, -0.2) is 4.57 Å². The number of hydrogen-bond donors (Lipinski definition) is 3. The molecule has 0 fully saturated rings. The number of phosphoric ester groups is 1. The zero-order valence-corrected chi connectivity index (χ0v) is 12.4. The van der Waals surface area contributed by atoms with Crippen molar-refractivity contribution in [2.45, 2.75) is 0 Å². The predicted molar refractivity (Wildman–Crippen MR) is 82.3 cm³/mol. The van der Waals surface area contributed by atoms with Crippen molar-refractivity contribution in [2.24, 2.45) is 0 Å². The van der Waals surface area contributed by atoms with Crippen molar-refractivity contribution in [3.05, 3.63) is 59.0 Å². The van der Waals surface area contributed by atoms with E-state index in [1.54, 1.807) is 12.1 Å². The highest BCUT2D eigenvalue weighted by atomic mass is 31.2. The Bertz CT molecular complexity index is 969. The Morgan fingerprint density at radius 1 is 1.04 bits per heavy atom. The van der Waals surface area contributed by atoms with Gasteiger partial charge in [0.15, 0.2) is 0 Å². The fourth-order valence-electron chi connectivity index (χ4n) is 2.19. The topological polar surface area (TPSA) is 117 Å². The highest BCUT2D eigenvalue weighted by Crippen LogP contribution is 2.38. The van der Waals surface area contributed by atoms with E-state index in [0.29, 0.717) is 5.56 Å². The van der Waals surface area contributed by atoms with E-state index in [0.717, 1.165) is 0 Å². The van der Waals surface area contributed by atoms with Gasteiger partial charge in [-0.05, 0) is 29.8 Å². The van der Waals surface area contributed by atoms with E-state index in [1.807, 2.05) is 0 Å². The molecule has 0 bridgehead atoms. The smallest absolute Gasteiger partial charge is 0.507 e. The quantitative estimate of drug-likeness (QED) is 0.630. The largest absolute Gasteiger partial charge is 0.524 e. The molecule has 1 aromatic heterocycles. The molecule has 3 N–H and O–H groups in total. The monoisotopic (exact) mass is 334 g/mol. The Labute approximate surface area is 129 Å². The van der Waals surface area contributed by atoms with E-state index in [4.69, 9.17) is 14.2 Å². The number of phenolic OH excluding ortho intramolecular Hbond substituents is 1. The molecule has 118 valence electrons. The minimum atomic E-state index is -4.64. The van der Waals surface area contributed by atoms with Gasteiger partial charge < -0.3 is 14.0 Å². The number of hydrogen-bond acceptors (Lipinski definition) is 5. The van der Waals surface area contributed by atoms with E-state index in [2.05, 4.69) is 4.52 Å². The van der Waals surface area contributed by atoms with Crippen molar-refractivity contribution in [3.63, 3.8) is 0 Å². The fraction of sp³-hybridized carbons (Fsp3) is 0. The third-order valence-electron chi connectivity index (χ3n) is 3.17. The number of phosphoric acid groups is 1. The molecule has 0 saturated carbocycles. The lowest BCUT2D eigenvalue weighted by Gasteiger charge is -2.08. The van der Waals surface area contributed by atoms with Crippen LogP contribution in [0.3, 0.4) is 0 Å². The molecule has 3 aromatic rings. The summed E-state index contributed by atoms with van der Waals surface area (Å²) in [7, 11) is -4.64. The molecule has 0 aliphatic rings. The van der Waals surface area contributed by atoms with Crippen molar-refractivity contribution in [1.29, 1.82) is 0 Å². The molecular formula is C15H11O7P. The zero-order valence-electron chi connectivity index (χ0n) is 11.5. The molecule has 0 spiro atoms. The summed E-state index contributed by atoms with van der Waals surface area (Å²) in [6.45, 7) is 0. The van der Waals surface area contributed by atoms with Gasteiger partial charge in [-0.2, -0.15) is 0 Å². The molecule has 0 unspecified atom stereocenters. The summed E-state index contributed by atoms with van der Waals surface area (Å²) < 4.78 is 20.6. The van der Waals surface area contributed by atoms with Gasteiger partial charge in [-0.1, -0.05) is 18.2 Å². The van der Waals surface area contributed by atoms with Crippen LogP contribution in [0.2, 0.25) is 0 Å². The Kier molecular flexibility index (Phi) is 3.69. The molecule has 0 aliphatic heterocycles. The summed E-state index contributed by atoms with van der Waals surface area (Å²) >= 11 is 0. The third kappa shape index (κ3) is 3.12. The average molecular weight is 334 g/mol. The van der Waals surface area contributed by atoms with Gasteiger partial charge in [0, 0.05) is 0 Å². The van der Waals surface area contributed by atoms with Crippen LogP contribution in [0.4, 0.5) is 0 Å². The molecule has 0 atom stereocenters. The van der Waals surface area contributed by atoms with Crippen LogP contribution in [0.25, 0.3) is 22.1 Å². The predicted octanol–water partition coefficient (Wildman–Crippen LogP) is 2.64. The van der Waals surface area contributed by atoms with E-state index >= 15 is 0 Å². The van der Waals surface area contributed by atoms with E-state index < -0.39 is 13.3 Å².